The highest BCUT2D eigenvalue weighted by atomic mass is 35.5. The van der Waals surface area contributed by atoms with E-state index >= 15 is 0 Å². The van der Waals surface area contributed by atoms with Crippen molar-refractivity contribution in [1.82, 2.24) is 14.5 Å². The van der Waals surface area contributed by atoms with Gasteiger partial charge in [0, 0.05) is 51.3 Å². The standard InChI is InChI=1S/C16H20Cl2N4O/c1-23-8-7-21-6-4-19-15(21)12-3-2-5-22(11-12)16-14(18)9-13(17)10-20-16/h4,6,9-10,12H,2-3,5,7-8,11H2,1H3/t12-/m0/s1. The van der Waals surface area contributed by atoms with Gasteiger partial charge in [0.15, 0.2) is 0 Å². The third kappa shape index (κ3) is 3.79. The fourth-order valence-electron chi connectivity index (χ4n) is 3.08. The van der Waals surface area contributed by atoms with Gasteiger partial charge in [-0.1, -0.05) is 23.2 Å². The minimum absolute atomic E-state index is 0.365. The Kier molecular flexibility index (Phi) is 5.41. The van der Waals surface area contributed by atoms with Gasteiger partial charge >= 0.3 is 0 Å². The van der Waals surface area contributed by atoms with Crippen LogP contribution in [0.2, 0.25) is 10.0 Å². The van der Waals surface area contributed by atoms with E-state index in [0.29, 0.717) is 22.6 Å². The first-order valence-electron chi connectivity index (χ1n) is 7.75. The number of halogens is 2. The van der Waals surface area contributed by atoms with Crippen molar-refractivity contribution in [2.75, 3.05) is 31.7 Å². The fourth-order valence-corrected chi connectivity index (χ4v) is 3.58. The van der Waals surface area contributed by atoms with Crippen molar-refractivity contribution >= 4 is 29.0 Å². The highest BCUT2D eigenvalue weighted by Gasteiger charge is 2.26. The highest BCUT2D eigenvalue weighted by molar-refractivity contribution is 6.36. The smallest absolute Gasteiger partial charge is 0.147 e. The van der Waals surface area contributed by atoms with Crippen molar-refractivity contribution in [3.8, 4) is 0 Å². The summed E-state index contributed by atoms with van der Waals surface area (Å²) >= 11 is 12.3. The van der Waals surface area contributed by atoms with Crippen molar-refractivity contribution in [3.05, 3.63) is 40.5 Å². The second-order valence-corrected chi connectivity index (χ2v) is 6.56. The molecule has 5 nitrogen and oxygen atoms in total. The molecule has 3 rings (SSSR count). The average molecular weight is 355 g/mol. The Morgan fingerprint density at radius 1 is 1.35 bits per heavy atom. The van der Waals surface area contributed by atoms with E-state index in [0.717, 1.165) is 44.1 Å². The van der Waals surface area contributed by atoms with Crippen LogP contribution < -0.4 is 4.90 Å². The summed E-state index contributed by atoms with van der Waals surface area (Å²) < 4.78 is 7.35. The molecule has 1 aliphatic rings. The predicted octanol–water partition coefficient (Wildman–Crippen LogP) is 3.62. The van der Waals surface area contributed by atoms with E-state index in [9.17, 15) is 0 Å². The maximum Gasteiger partial charge on any atom is 0.147 e. The zero-order valence-electron chi connectivity index (χ0n) is 13.1. The molecule has 0 N–H and O–H groups in total. The van der Waals surface area contributed by atoms with E-state index in [1.165, 1.54) is 0 Å². The molecular weight excluding hydrogens is 335 g/mol. The molecule has 3 heterocycles. The van der Waals surface area contributed by atoms with Crippen molar-refractivity contribution in [3.63, 3.8) is 0 Å². The first-order valence-corrected chi connectivity index (χ1v) is 8.50. The van der Waals surface area contributed by atoms with Crippen LogP contribution in [-0.4, -0.2) is 41.3 Å². The van der Waals surface area contributed by atoms with E-state index in [1.807, 2.05) is 12.4 Å². The quantitative estimate of drug-likeness (QED) is 0.822. The molecule has 0 unspecified atom stereocenters. The number of hydrogen-bond acceptors (Lipinski definition) is 4. The van der Waals surface area contributed by atoms with E-state index < -0.39 is 0 Å². The molecule has 1 atom stereocenters. The third-order valence-electron chi connectivity index (χ3n) is 4.16. The van der Waals surface area contributed by atoms with Crippen LogP contribution in [0.25, 0.3) is 0 Å². The van der Waals surface area contributed by atoms with Crippen LogP contribution in [0.4, 0.5) is 5.82 Å². The maximum absolute atomic E-state index is 6.31. The summed E-state index contributed by atoms with van der Waals surface area (Å²) in [5, 5.41) is 1.16. The van der Waals surface area contributed by atoms with Crippen molar-refractivity contribution in [2.24, 2.45) is 0 Å². The molecule has 1 saturated heterocycles. The molecule has 0 aromatic carbocycles. The summed E-state index contributed by atoms with van der Waals surface area (Å²) in [7, 11) is 1.72. The third-order valence-corrected chi connectivity index (χ3v) is 4.64. The zero-order valence-corrected chi connectivity index (χ0v) is 14.6. The van der Waals surface area contributed by atoms with Crippen LogP contribution in [0, 0.1) is 0 Å². The summed E-state index contributed by atoms with van der Waals surface area (Å²) in [6.07, 6.45) is 7.72. The topological polar surface area (TPSA) is 43.2 Å². The summed E-state index contributed by atoms with van der Waals surface area (Å²) in [6.45, 7) is 3.31. The first kappa shape index (κ1) is 16.6. The van der Waals surface area contributed by atoms with Gasteiger partial charge in [-0.05, 0) is 18.9 Å². The molecule has 0 spiro atoms. The summed E-state index contributed by atoms with van der Waals surface area (Å²) in [5.41, 5.74) is 0. The van der Waals surface area contributed by atoms with Crippen LogP contribution >= 0.6 is 23.2 Å². The van der Waals surface area contributed by atoms with E-state index in [1.54, 1.807) is 19.4 Å². The number of rotatable bonds is 5. The van der Waals surface area contributed by atoms with Gasteiger partial charge in [0.2, 0.25) is 0 Å². The largest absolute Gasteiger partial charge is 0.383 e. The Bertz CT molecular complexity index is 661. The molecule has 1 aliphatic heterocycles. The van der Waals surface area contributed by atoms with Crippen LogP contribution in [0.15, 0.2) is 24.7 Å². The molecule has 1 fully saturated rings. The molecule has 0 aliphatic carbocycles. The van der Waals surface area contributed by atoms with Crippen LogP contribution in [-0.2, 0) is 11.3 Å². The molecule has 7 heteroatoms. The molecule has 2 aromatic heterocycles. The normalized spacial score (nSPS) is 18.4. The van der Waals surface area contributed by atoms with Gasteiger partial charge in [0.05, 0.1) is 16.7 Å². The van der Waals surface area contributed by atoms with Crippen LogP contribution in [0.5, 0.6) is 0 Å². The molecule has 0 saturated carbocycles. The lowest BCUT2D eigenvalue weighted by Gasteiger charge is -2.34. The number of ether oxygens (including phenoxy) is 1. The van der Waals surface area contributed by atoms with E-state index in [4.69, 9.17) is 27.9 Å². The molecule has 124 valence electrons. The Morgan fingerprint density at radius 2 is 2.22 bits per heavy atom. The lowest BCUT2D eigenvalue weighted by Crippen LogP contribution is -2.36. The van der Waals surface area contributed by atoms with E-state index in [2.05, 4.69) is 19.4 Å². The number of methoxy groups -OCH3 is 1. The highest BCUT2D eigenvalue weighted by Crippen LogP contribution is 2.32. The van der Waals surface area contributed by atoms with Gasteiger partial charge < -0.3 is 14.2 Å². The Labute approximate surface area is 146 Å². The monoisotopic (exact) mass is 354 g/mol. The van der Waals surface area contributed by atoms with Crippen LogP contribution in [0.1, 0.15) is 24.6 Å². The number of pyridine rings is 1. The minimum Gasteiger partial charge on any atom is -0.383 e. The Balaban J connectivity index is 1.77. The van der Waals surface area contributed by atoms with Gasteiger partial charge in [0.25, 0.3) is 0 Å². The van der Waals surface area contributed by atoms with Gasteiger partial charge in [0.1, 0.15) is 11.6 Å². The number of aromatic nitrogens is 3. The Hall–Kier alpha value is -1.30. The number of imidazole rings is 1. The van der Waals surface area contributed by atoms with Crippen molar-refractivity contribution < 1.29 is 4.74 Å². The molecular formula is C16H20Cl2N4O. The van der Waals surface area contributed by atoms with Gasteiger partial charge in [-0.15, -0.1) is 0 Å². The first-order chi connectivity index (χ1) is 11.2. The van der Waals surface area contributed by atoms with Gasteiger partial charge in [-0.2, -0.15) is 0 Å². The second kappa shape index (κ2) is 7.51. The SMILES string of the molecule is COCCn1ccnc1[C@H]1CCCN(c2ncc(Cl)cc2Cl)C1. The Morgan fingerprint density at radius 3 is 3.00 bits per heavy atom. The van der Waals surface area contributed by atoms with Crippen molar-refractivity contribution in [1.29, 1.82) is 0 Å². The van der Waals surface area contributed by atoms with Gasteiger partial charge in [-0.3, -0.25) is 0 Å². The van der Waals surface area contributed by atoms with E-state index in [-0.39, 0.29) is 0 Å². The predicted molar refractivity (Wildman–Crippen MR) is 92.5 cm³/mol. The van der Waals surface area contributed by atoms with Gasteiger partial charge in [-0.25, -0.2) is 9.97 Å². The summed E-state index contributed by atoms with van der Waals surface area (Å²) in [6, 6.07) is 1.74. The molecule has 23 heavy (non-hydrogen) atoms. The molecule has 0 bridgehead atoms. The summed E-state index contributed by atoms with van der Waals surface area (Å²) in [4.78, 5) is 11.2. The number of nitrogens with zero attached hydrogens (tertiary/aromatic N) is 4. The number of hydrogen-bond donors (Lipinski definition) is 0. The average Bonchev–Trinajstić information content (AvgIpc) is 3.01. The summed E-state index contributed by atoms with van der Waals surface area (Å²) in [5.74, 6) is 2.27. The number of anilines is 1. The fraction of sp³-hybridized carbons (Fsp3) is 0.500. The number of piperidine rings is 1. The lowest BCUT2D eigenvalue weighted by atomic mass is 9.97. The minimum atomic E-state index is 0.365. The second-order valence-electron chi connectivity index (χ2n) is 5.72. The molecule has 0 amide bonds. The zero-order chi connectivity index (χ0) is 16.2. The molecule has 0 radical (unpaired) electrons. The lowest BCUT2D eigenvalue weighted by molar-refractivity contribution is 0.185. The van der Waals surface area contributed by atoms with Crippen LogP contribution in [0.3, 0.4) is 0 Å². The maximum atomic E-state index is 6.31. The molecule has 2 aromatic rings. The van der Waals surface area contributed by atoms with Crippen molar-refractivity contribution in [2.45, 2.75) is 25.3 Å².